The Labute approximate surface area is 75.3 Å². The lowest BCUT2D eigenvalue weighted by atomic mass is 9.97. The summed E-state index contributed by atoms with van der Waals surface area (Å²) >= 11 is 0. The maximum atomic E-state index is 9.45. The fourth-order valence-electron chi connectivity index (χ4n) is 1.30. The molecule has 0 bridgehead atoms. The highest BCUT2D eigenvalue weighted by molar-refractivity contribution is 4.91. The molecule has 13 heavy (non-hydrogen) atoms. The van der Waals surface area contributed by atoms with Gasteiger partial charge in [0.15, 0.2) is 0 Å². The molecule has 6 heteroatoms. The lowest BCUT2D eigenvalue weighted by Gasteiger charge is -2.41. The van der Waals surface area contributed by atoms with E-state index in [-0.39, 0.29) is 6.61 Å². The van der Waals surface area contributed by atoms with Crippen LogP contribution < -0.4 is 0 Å². The highest BCUT2D eigenvalue weighted by atomic mass is 16.7. The Morgan fingerprint density at radius 2 is 2.15 bits per heavy atom. The van der Waals surface area contributed by atoms with Gasteiger partial charge in [0.1, 0.15) is 18.3 Å². The molecule has 1 saturated heterocycles. The second kappa shape index (κ2) is 3.87. The fraction of sp³-hybridized carbons (Fsp3) is 1.00. The van der Waals surface area contributed by atoms with Gasteiger partial charge >= 0.3 is 0 Å². The number of aliphatic hydroxyl groups excluding tert-OH is 3. The summed E-state index contributed by atoms with van der Waals surface area (Å²) in [6.45, 7) is -0.937. The quantitative estimate of drug-likeness (QED) is 0.386. The molecule has 0 aromatic carbocycles. The summed E-state index contributed by atoms with van der Waals surface area (Å²) in [5, 5.41) is 36.9. The van der Waals surface area contributed by atoms with E-state index < -0.39 is 30.7 Å². The third kappa shape index (κ3) is 1.83. The topological polar surface area (TPSA) is 99.4 Å². The van der Waals surface area contributed by atoms with Gasteiger partial charge in [-0.3, -0.25) is 0 Å². The van der Waals surface area contributed by atoms with Gasteiger partial charge in [-0.05, 0) is 0 Å². The zero-order valence-electron chi connectivity index (χ0n) is 7.25. The van der Waals surface area contributed by atoms with Crippen molar-refractivity contribution < 1.29 is 29.9 Å². The van der Waals surface area contributed by atoms with Crippen LogP contribution in [0.1, 0.15) is 0 Å². The van der Waals surface area contributed by atoms with Crippen LogP contribution in [0, 0.1) is 0 Å². The predicted molar refractivity (Wildman–Crippen MR) is 40.8 cm³/mol. The van der Waals surface area contributed by atoms with Crippen LogP contribution in [0.5, 0.6) is 0 Å². The van der Waals surface area contributed by atoms with Gasteiger partial charge < -0.3 is 29.9 Å². The van der Waals surface area contributed by atoms with Crippen LogP contribution in [-0.4, -0.2) is 64.8 Å². The van der Waals surface area contributed by atoms with E-state index in [0.717, 1.165) is 0 Å². The molecule has 0 amide bonds. The first-order valence-corrected chi connectivity index (χ1v) is 3.91. The minimum Gasteiger partial charge on any atom is -0.391 e. The summed E-state index contributed by atoms with van der Waals surface area (Å²) in [5.41, 5.74) is 0. The van der Waals surface area contributed by atoms with Gasteiger partial charge in [-0.2, -0.15) is 0 Å². The van der Waals surface area contributed by atoms with Crippen molar-refractivity contribution in [1.29, 1.82) is 0 Å². The molecule has 0 saturated carbocycles. The normalized spacial score (nSPS) is 46.4. The summed E-state index contributed by atoms with van der Waals surface area (Å²) in [6, 6.07) is 0. The van der Waals surface area contributed by atoms with E-state index in [4.69, 9.17) is 14.6 Å². The third-order valence-electron chi connectivity index (χ3n) is 2.16. The minimum absolute atomic E-state index is 0.188. The molecule has 1 rings (SSSR count). The van der Waals surface area contributed by atoms with E-state index >= 15 is 0 Å². The van der Waals surface area contributed by atoms with Crippen molar-refractivity contribution in [1.82, 2.24) is 0 Å². The second-order valence-corrected chi connectivity index (χ2v) is 3.03. The van der Waals surface area contributed by atoms with Gasteiger partial charge in [0.2, 0.25) is 5.79 Å². The first kappa shape index (κ1) is 10.8. The standard InChI is InChI=1S/C7H14O6/c1-12-5-4(9)2-13-7(11,3-8)6(5)10/h4-6,8-11H,2-3H2,1H3/t4-,5-,6+,7-/m1/s1. The molecule has 78 valence electrons. The van der Waals surface area contributed by atoms with Gasteiger partial charge in [0.05, 0.1) is 13.2 Å². The monoisotopic (exact) mass is 194 g/mol. The summed E-state index contributed by atoms with van der Waals surface area (Å²) in [5.74, 6) is -2.04. The number of methoxy groups -OCH3 is 1. The molecule has 4 atom stereocenters. The van der Waals surface area contributed by atoms with Crippen LogP contribution >= 0.6 is 0 Å². The Morgan fingerprint density at radius 3 is 2.62 bits per heavy atom. The van der Waals surface area contributed by atoms with Gasteiger partial charge in [-0.1, -0.05) is 0 Å². The Bertz CT molecular complexity index is 174. The summed E-state index contributed by atoms with van der Waals surface area (Å²) in [4.78, 5) is 0. The Kier molecular flexibility index (Phi) is 3.23. The zero-order valence-corrected chi connectivity index (χ0v) is 7.25. The van der Waals surface area contributed by atoms with Gasteiger partial charge in [-0.15, -0.1) is 0 Å². The lowest BCUT2D eigenvalue weighted by molar-refractivity contribution is -0.334. The summed E-state index contributed by atoms with van der Waals surface area (Å²) < 4.78 is 9.46. The molecular weight excluding hydrogens is 180 g/mol. The molecule has 0 aromatic rings. The molecule has 0 unspecified atom stereocenters. The van der Waals surface area contributed by atoms with Gasteiger partial charge in [0.25, 0.3) is 0 Å². The fourth-order valence-corrected chi connectivity index (χ4v) is 1.30. The van der Waals surface area contributed by atoms with Crippen LogP contribution in [-0.2, 0) is 9.47 Å². The minimum atomic E-state index is -2.04. The van der Waals surface area contributed by atoms with Crippen LogP contribution in [0.25, 0.3) is 0 Å². The molecule has 1 fully saturated rings. The van der Waals surface area contributed by atoms with Crippen LogP contribution in [0.4, 0.5) is 0 Å². The van der Waals surface area contributed by atoms with E-state index in [0.29, 0.717) is 0 Å². The molecule has 0 radical (unpaired) electrons. The van der Waals surface area contributed by atoms with Crippen molar-refractivity contribution in [3.63, 3.8) is 0 Å². The first-order chi connectivity index (χ1) is 6.05. The molecule has 1 aliphatic rings. The maximum absolute atomic E-state index is 9.45. The largest absolute Gasteiger partial charge is 0.391 e. The second-order valence-electron chi connectivity index (χ2n) is 3.03. The lowest BCUT2D eigenvalue weighted by Crippen LogP contribution is -2.63. The molecular formula is C7H14O6. The average molecular weight is 194 g/mol. The molecule has 0 spiro atoms. The molecule has 0 aromatic heterocycles. The SMILES string of the molecule is CO[C@@H]1[C@H](O)CO[C@](O)(CO)[C@H]1O. The Morgan fingerprint density at radius 1 is 1.54 bits per heavy atom. The maximum Gasteiger partial charge on any atom is 0.218 e. The Balaban J connectivity index is 2.74. The average Bonchev–Trinajstić information content (AvgIpc) is 2.13. The van der Waals surface area contributed by atoms with E-state index in [1.807, 2.05) is 0 Å². The van der Waals surface area contributed by atoms with E-state index in [9.17, 15) is 15.3 Å². The van der Waals surface area contributed by atoms with E-state index in [1.54, 1.807) is 0 Å². The van der Waals surface area contributed by atoms with E-state index in [1.165, 1.54) is 7.11 Å². The van der Waals surface area contributed by atoms with Crippen LogP contribution in [0.15, 0.2) is 0 Å². The molecule has 6 nitrogen and oxygen atoms in total. The first-order valence-electron chi connectivity index (χ1n) is 3.91. The highest BCUT2D eigenvalue weighted by Gasteiger charge is 2.48. The van der Waals surface area contributed by atoms with E-state index in [2.05, 4.69) is 0 Å². The smallest absolute Gasteiger partial charge is 0.218 e. The van der Waals surface area contributed by atoms with Gasteiger partial charge in [-0.25, -0.2) is 0 Å². The van der Waals surface area contributed by atoms with Crippen molar-refractivity contribution >= 4 is 0 Å². The van der Waals surface area contributed by atoms with Crippen molar-refractivity contribution in [2.24, 2.45) is 0 Å². The Hall–Kier alpha value is -0.240. The number of aliphatic hydroxyl groups is 4. The highest BCUT2D eigenvalue weighted by Crippen LogP contribution is 2.24. The number of hydrogen-bond donors (Lipinski definition) is 4. The summed E-state index contributed by atoms with van der Waals surface area (Å²) in [6.07, 6.45) is -3.43. The number of rotatable bonds is 2. The molecule has 1 heterocycles. The number of ether oxygens (including phenoxy) is 2. The zero-order chi connectivity index (χ0) is 10.1. The van der Waals surface area contributed by atoms with Crippen molar-refractivity contribution in [3.8, 4) is 0 Å². The molecule has 1 aliphatic heterocycles. The van der Waals surface area contributed by atoms with Crippen molar-refractivity contribution in [2.75, 3.05) is 20.3 Å². The van der Waals surface area contributed by atoms with Gasteiger partial charge in [0, 0.05) is 7.11 Å². The summed E-state index contributed by atoms with van der Waals surface area (Å²) in [7, 11) is 1.29. The van der Waals surface area contributed by atoms with Crippen LogP contribution in [0.2, 0.25) is 0 Å². The third-order valence-corrected chi connectivity index (χ3v) is 2.16. The number of hydrogen-bond acceptors (Lipinski definition) is 6. The van der Waals surface area contributed by atoms with Crippen molar-refractivity contribution in [3.05, 3.63) is 0 Å². The molecule has 4 N–H and O–H groups in total. The van der Waals surface area contributed by atoms with Crippen molar-refractivity contribution in [2.45, 2.75) is 24.1 Å². The van der Waals surface area contributed by atoms with Crippen LogP contribution in [0.3, 0.4) is 0 Å². The molecule has 0 aliphatic carbocycles. The predicted octanol–water partition coefficient (Wildman–Crippen LogP) is -2.57.